The molecule has 0 heterocycles. The molecule has 0 aliphatic heterocycles. The normalized spacial score (nSPS) is 19.4. The molecule has 1 saturated carbocycles. The Morgan fingerprint density at radius 3 is 2.56 bits per heavy atom. The van der Waals surface area contributed by atoms with Crippen molar-refractivity contribution in [2.24, 2.45) is 0 Å². The van der Waals surface area contributed by atoms with Crippen molar-refractivity contribution in [3.05, 3.63) is 29.6 Å². The highest BCUT2D eigenvalue weighted by molar-refractivity contribution is 5.38. The van der Waals surface area contributed by atoms with E-state index in [0.29, 0.717) is 24.2 Å². The minimum atomic E-state index is -0.911. The largest absolute Gasteiger partial charge is 0.496 e. The van der Waals surface area contributed by atoms with Gasteiger partial charge in [0.25, 0.3) is 0 Å². The van der Waals surface area contributed by atoms with Crippen LogP contribution >= 0.6 is 0 Å². The van der Waals surface area contributed by atoms with Crippen molar-refractivity contribution < 1.29 is 14.2 Å². The number of hydrogen-bond acceptors (Lipinski definition) is 2. The molecule has 0 spiro atoms. The zero-order chi connectivity index (χ0) is 11.6. The van der Waals surface area contributed by atoms with Crippen molar-refractivity contribution in [2.45, 2.75) is 37.7 Å². The van der Waals surface area contributed by atoms with E-state index >= 15 is 0 Å². The number of rotatable bonds is 2. The zero-order valence-corrected chi connectivity index (χ0v) is 9.50. The molecular weight excluding hydrogens is 207 g/mol. The van der Waals surface area contributed by atoms with Crippen LogP contribution < -0.4 is 4.74 Å². The topological polar surface area (TPSA) is 29.5 Å². The lowest BCUT2D eigenvalue weighted by atomic mass is 9.79. The first-order valence-corrected chi connectivity index (χ1v) is 5.72. The maximum atomic E-state index is 13.2. The van der Waals surface area contributed by atoms with Crippen LogP contribution in [0.2, 0.25) is 0 Å². The van der Waals surface area contributed by atoms with E-state index in [0.717, 1.165) is 19.3 Å². The highest BCUT2D eigenvalue weighted by Crippen LogP contribution is 2.41. The molecule has 0 atom stereocenters. The average Bonchev–Trinajstić information content (AvgIpc) is 2.30. The van der Waals surface area contributed by atoms with Crippen LogP contribution in [0.25, 0.3) is 0 Å². The van der Waals surface area contributed by atoms with Crippen LogP contribution in [0.1, 0.15) is 37.7 Å². The molecule has 88 valence electrons. The van der Waals surface area contributed by atoms with Gasteiger partial charge in [0.2, 0.25) is 0 Å². The summed E-state index contributed by atoms with van der Waals surface area (Å²) in [5, 5.41) is 10.5. The van der Waals surface area contributed by atoms with Crippen molar-refractivity contribution in [1.82, 2.24) is 0 Å². The van der Waals surface area contributed by atoms with Crippen LogP contribution in [0, 0.1) is 5.82 Å². The standard InChI is InChI=1S/C13H17FO2/c1-16-12-6-5-10(14)9-11(12)13(15)7-3-2-4-8-13/h5-6,9,15H,2-4,7-8H2,1H3. The second-order valence-corrected chi connectivity index (χ2v) is 4.44. The fourth-order valence-corrected chi connectivity index (χ4v) is 2.45. The van der Waals surface area contributed by atoms with E-state index in [4.69, 9.17) is 4.74 Å². The summed E-state index contributed by atoms with van der Waals surface area (Å²) in [4.78, 5) is 0. The molecule has 1 aliphatic rings. The van der Waals surface area contributed by atoms with E-state index in [2.05, 4.69) is 0 Å². The van der Waals surface area contributed by atoms with Gasteiger partial charge < -0.3 is 9.84 Å². The van der Waals surface area contributed by atoms with Crippen molar-refractivity contribution in [3.8, 4) is 5.75 Å². The van der Waals surface area contributed by atoms with Gasteiger partial charge in [-0.15, -0.1) is 0 Å². The molecule has 2 nitrogen and oxygen atoms in total. The van der Waals surface area contributed by atoms with Crippen LogP contribution in [-0.4, -0.2) is 12.2 Å². The Labute approximate surface area is 95.1 Å². The summed E-state index contributed by atoms with van der Waals surface area (Å²) in [6.45, 7) is 0. The van der Waals surface area contributed by atoms with E-state index in [1.54, 1.807) is 13.2 Å². The minimum Gasteiger partial charge on any atom is -0.496 e. The molecule has 1 aliphatic carbocycles. The van der Waals surface area contributed by atoms with E-state index < -0.39 is 5.60 Å². The second-order valence-electron chi connectivity index (χ2n) is 4.44. The Morgan fingerprint density at radius 1 is 1.25 bits per heavy atom. The van der Waals surface area contributed by atoms with Crippen LogP contribution in [0.3, 0.4) is 0 Å². The van der Waals surface area contributed by atoms with Crippen molar-refractivity contribution in [2.75, 3.05) is 7.11 Å². The first-order valence-electron chi connectivity index (χ1n) is 5.72. The molecule has 0 saturated heterocycles. The molecule has 0 radical (unpaired) electrons. The summed E-state index contributed by atoms with van der Waals surface area (Å²) in [7, 11) is 1.54. The van der Waals surface area contributed by atoms with E-state index in [1.807, 2.05) is 0 Å². The highest BCUT2D eigenvalue weighted by Gasteiger charge is 2.34. The van der Waals surface area contributed by atoms with E-state index in [-0.39, 0.29) is 5.82 Å². The molecule has 16 heavy (non-hydrogen) atoms. The number of benzene rings is 1. The lowest BCUT2D eigenvalue weighted by Gasteiger charge is -2.33. The zero-order valence-electron chi connectivity index (χ0n) is 9.50. The maximum absolute atomic E-state index is 13.2. The second kappa shape index (κ2) is 4.42. The SMILES string of the molecule is COc1ccc(F)cc1C1(O)CCCCC1. The predicted molar refractivity (Wildman–Crippen MR) is 59.9 cm³/mol. The molecule has 1 aromatic rings. The fraction of sp³-hybridized carbons (Fsp3) is 0.538. The Morgan fingerprint density at radius 2 is 1.94 bits per heavy atom. The molecule has 1 fully saturated rings. The van der Waals surface area contributed by atoms with Crippen LogP contribution in [0.5, 0.6) is 5.75 Å². The summed E-state index contributed by atoms with van der Waals surface area (Å²) in [5.74, 6) is 0.251. The molecule has 0 amide bonds. The summed E-state index contributed by atoms with van der Waals surface area (Å²) in [6.07, 6.45) is 4.48. The highest BCUT2D eigenvalue weighted by atomic mass is 19.1. The molecule has 0 aromatic heterocycles. The van der Waals surface area contributed by atoms with Gasteiger partial charge in [-0.25, -0.2) is 4.39 Å². The number of methoxy groups -OCH3 is 1. The average molecular weight is 224 g/mol. The molecule has 3 heteroatoms. The number of hydrogen-bond donors (Lipinski definition) is 1. The number of halogens is 1. The Bertz CT molecular complexity index is 370. The Balaban J connectivity index is 2.40. The third-order valence-corrected chi connectivity index (χ3v) is 3.34. The van der Waals surface area contributed by atoms with Gasteiger partial charge in [-0.2, -0.15) is 0 Å². The number of aliphatic hydroxyl groups is 1. The van der Waals surface area contributed by atoms with Gasteiger partial charge in [0.15, 0.2) is 0 Å². The lowest BCUT2D eigenvalue weighted by molar-refractivity contribution is -0.00284. The maximum Gasteiger partial charge on any atom is 0.125 e. The summed E-state index contributed by atoms with van der Waals surface area (Å²) in [5.41, 5.74) is -0.319. The fourth-order valence-electron chi connectivity index (χ4n) is 2.45. The quantitative estimate of drug-likeness (QED) is 0.836. The van der Waals surface area contributed by atoms with Crippen molar-refractivity contribution in [3.63, 3.8) is 0 Å². The molecule has 0 bridgehead atoms. The van der Waals surface area contributed by atoms with Crippen molar-refractivity contribution in [1.29, 1.82) is 0 Å². The van der Waals surface area contributed by atoms with Crippen LogP contribution in [-0.2, 0) is 5.60 Å². The van der Waals surface area contributed by atoms with Gasteiger partial charge in [-0.1, -0.05) is 19.3 Å². The van der Waals surface area contributed by atoms with Gasteiger partial charge in [-0.05, 0) is 31.0 Å². The third-order valence-electron chi connectivity index (χ3n) is 3.34. The van der Waals surface area contributed by atoms with Gasteiger partial charge in [0, 0.05) is 5.56 Å². The number of ether oxygens (including phenoxy) is 1. The first kappa shape index (κ1) is 11.4. The van der Waals surface area contributed by atoms with Crippen LogP contribution in [0.15, 0.2) is 18.2 Å². The molecule has 2 rings (SSSR count). The first-order chi connectivity index (χ1) is 7.65. The van der Waals surface area contributed by atoms with E-state index in [1.165, 1.54) is 12.1 Å². The lowest BCUT2D eigenvalue weighted by Crippen LogP contribution is -2.29. The Hall–Kier alpha value is -1.09. The van der Waals surface area contributed by atoms with Gasteiger partial charge in [0.1, 0.15) is 11.6 Å². The Kier molecular flexibility index (Phi) is 3.15. The molecular formula is C13H17FO2. The molecule has 0 unspecified atom stereocenters. The predicted octanol–water partition coefficient (Wildman–Crippen LogP) is 2.99. The van der Waals surface area contributed by atoms with Crippen molar-refractivity contribution >= 4 is 0 Å². The van der Waals surface area contributed by atoms with Gasteiger partial charge >= 0.3 is 0 Å². The van der Waals surface area contributed by atoms with Gasteiger partial charge in [0.05, 0.1) is 12.7 Å². The summed E-state index contributed by atoms with van der Waals surface area (Å²) < 4.78 is 18.4. The molecule has 1 aromatic carbocycles. The molecule has 1 N–H and O–H groups in total. The smallest absolute Gasteiger partial charge is 0.125 e. The van der Waals surface area contributed by atoms with Crippen LogP contribution in [0.4, 0.5) is 4.39 Å². The summed E-state index contributed by atoms with van der Waals surface area (Å²) in [6, 6.07) is 4.33. The summed E-state index contributed by atoms with van der Waals surface area (Å²) >= 11 is 0. The minimum absolute atomic E-state index is 0.324. The third kappa shape index (κ3) is 2.05. The van der Waals surface area contributed by atoms with Gasteiger partial charge in [-0.3, -0.25) is 0 Å². The van der Waals surface area contributed by atoms with E-state index in [9.17, 15) is 9.50 Å². The monoisotopic (exact) mass is 224 g/mol.